The summed E-state index contributed by atoms with van der Waals surface area (Å²) in [7, 11) is 0. The molecule has 3 heteroatoms. The zero-order valence-electron chi connectivity index (χ0n) is 27.6. The number of hydrogen-bond donors (Lipinski definition) is 0. The Morgan fingerprint density at radius 2 is 1.04 bits per heavy atom. The monoisotopic (exact) mass is 650 g/mol. The average Bonchev–Trinajstić information content (AvgIpc) is 3.83. The van der Waals surface area contributed by atoms with E-state index < -0.39 is 5.41 Å². The maximum atomic E-state index is 6.37. The van der Waals surface area contributed by atoms with Gasteiger partial charge in [-0.3, -0.25) is 4.98 Å². The third-order valence-electron chi connectivity index (χ3n) is 11.0. The van der Waals surface area contributed by atoms with Crippen LogP contribution >= 0.6 is 0 Å². The molecule has 0 radical (unpaired) electrons. The first-order valence-electron chi connectivity index (χ1n) is 17.5. The molecule has 0 fully saturated rings. The molecule has 51 heavy (non-hydrogen) atoms. The molecule has 2 aliphatic carbocycles. The van der Waals surface area contributed by atoms with Crippen LogP contribution < -0.4 is 4.90 Å². The van der Waals surface area contributed by atoms with Gasteiger partial charge in [0.05, 0.1) is 22.7 Å². The number of furan rings is 1. The van der Waals surface area contributed by atoms with E-state index in [0.29, 0.717) is 0 Å². The van der Waals surface area contributed by atoms with Gasteiger partial charge >= 0.3 is 0 Å². The highest BCUT2D eigenvalue weighted by atomic mass is 16.3. The van der Waals surface area contributed by atoms with Crippen molar-refractivity contribution in [3.8, 4) is 33.4 Å². The zero-order chi connectivity index (χ0) is 33.5. The lowest BCUT2D eigenvalue weighted by molar-refractivity contribution is 0.667. The molecule has 0 saturated heterocycles. The van der Waals surface area contributed by atoms with Crippen LogP contribution in [0.2, 0.25) is 0 Å². The minimum atomic E-state index is -0.433. The summed E-state index contributed by atoms with van der Waals surface area (Å²) >= 11 is 0. The fourth-order valence-corrected chi connectivity index (χ4v) is 8.93. The number of benzene rings is 7. The van der Waals surface area contributed by atoms with Crippen molar-refractivity contribution in [2.75, 3.05) is 4.90 Å². The molecule has 9 aromatic rings. The molecule has 0 bridgehead atoms. The first kappa shape index (κ1) is 28.2. The maximum Gasteiger partial charge on any atom is 0.153 e. The zero-order valence-corrected chi connectivity index (χ0v) is 27.6. The normalized spacial score (nSPS) is 13.3. The number of hydrogen-bond acceptors (Lipinski definition) is 3. The van der Waals surface area contributed by atoms with Crippen LogP contribution in [0.15, 0.2) is 187 Å². The van der Waals surface area contributed by atoms with Crippen LogP contribution in [0.3, 0.4) is 0 Å². The Kier molecular flexibility index (Phi) is 5.88. The number of fused-ring (bicyclic) bond motifs is 13. The number of pyridine rings is 1. The molecule has 0 unspecified atom stereocenters. The van der Waals surface area contributed by atoms with Crippen molar-refractivity contribution in [1.82, 2.24) is 4.98 Å². The summed E-state index contributed by atoms with van der Waals surface area (Å²) in [5, 5.41) is 2.11. The van der Waals surface area contributed by atoms with Crippen LogP contribution in [-0.4, -0.2) is 4.98 Å². The minimum Gasteiger partial charge on any atom is -0.454 e. The van der Waals surface area contributed by atoms with E-state index in [0.717, 1.165) is 39.0 Å². The molecule has 1 spiro atoms. The second kappa shape index (κ2) is 10.6. The van der Waals surface area contributed by atoms with E-state index in [4.69, 9.17) is 4.42 Å². The number of anilines is 3. The number of nitrogens with zero attached hydrogens (tertiary/aromatic N) is 2. The lowest BCUT2D eigenvalue weighted by atomic mass is 9.70. The van der Waals surface area contributed by atoms with Gasteiger partial charge in [0, 0.05) is 23.0 Å². The average molecular weight is 651 g/mol. The SMILES string of the molecule is c1ccc(-c2ccc(N(c3ccc4c(c3)C3(c5ccccc5-c5ccccc53)c3ccccc3-4)c3cccc4oc5cnccc5c34)cc2)cc1. The molecular weight excluding hydrogens is 621 g/mol. The van der Waals surface area contributed by atoms with Gasteiger partial charge in [0.1, 0.15) is 5.58 Å². The molecular formula is C48H30N2O. The highest BCUT2D eigenvalue weighted by Gasteiger charge is 2.51. The molecule has 11 rings (SSSR count). The van der Waals surface area contributed by atoms with E-state index in [-0.39, 0.29) is 0 Å². The predicted octanol–water partition coefficient (Wildman–Crippen LogP) is 12.5. The van der Waals surface area contributed by atoms with Crippen molar-refractivity contribution in [1.29, 1.82) is 0 Å². The smallest absolute Gasteiger partial charge is 0.153 e. The summed E-state index contributed by atoms with van der Waals surface area (Å²) in [6.07, 6.45) is 3.65. The standard InChI is InChI=1S/C48H30N2O/c1-2-11-31(12-3-1)32-21-23-33(24-22-32)50(44-19-10-20-45-47(44)39-27-28-49-30-46(39)51-45)34-25-26-38-37-15-6-9-18-42(37)48(43(38)29-34)40-16-7-4-13-35(40)36-14-5-8-17-41(36)48/h1-30H. The second-order valence-corrected chi connectivity index (χ2v) is 13.5. The summed E-state index contributed by atoms with van der Waals surface area (Å²) in [5.74, 6) is 0. The Balaban J connectivity index is 1.20. The van der Waals surface area contributed by atoms with Crippen LogP contribution in [0.5, 0.6) is 0 Å². The third kappa shape index (κ3) is 3.86. The van der Waals surface area contributed by atoms with Crippen molar-refractivity contribution >= 4 is 39.0 Å². The van der Waals surface area contributed by atoms with E-state index in [2.05, 4.69) is 180 Å². The molecule has 2 heterocycles. The van der Waals surface area contributed by atoms with Crippen LogP contribution in [0.1, 0.15) is 22.3 Å². The van der Waals surface area contributed by atoms with Gasteiger partial charge in [0.25, 0.3) is 0 Å². The Labute approximate surface area is 295 Å². The van der Waals surface area contributed by atoms with Gasteiger partial charge in [-0.2, -0.15) is 0 Å². The van der Waals surface area contributed by atoms with Crippen molar-refractivity contribution in [3.63, 3.8) is 0 Å². The molecule has 0 aliphatic heterocycles. The highest BCUT2D eigenvalue weighted by molar-refractivity contribution is 6.13. The first-order chi connectivity index (χ1) is 25.3. The van der Waals surface area contributed by atoms with Gasteiger partial charge in [-0.15, -0.1) is 0 Å². The fraction of sp³-hybridized carbons (Fsp3) is 0.0208. The van der Waals surface area contributed by atoms with Gasteiger partial charge < -0.3 is 9.32 Å². The van der Waals surface area contributed by atoms with E-state index in [1.807, 2.05) is 12.4 Å². The summed E-state index contributed by atoms with van der Waals surface area (Å²) in [6, 6.07) is 61.9. The topological polar surface area (TPSA) is 29.3 Å². The molecule has 3 nitrogen and oxygen atoms in total. The van der Waals surface area contributed by atoms with E-state index in [9.17, 15) is 0 Å². The highest BCUT2D eigenvalue weighted by Crippen LogP contribution is 2.63. The second-order valence-electron chi connectivity index (χ2n) is 13.5. The Morgan fingerprint density at radius 3 is 1.73 bits per heavy atom. The molecule has 0 saturated carbocycles. The number of rotatable bonds is 4. The fourth-order valence-electron chi connectivity index (χ4n) is 8.93. The van der Waals surface area contributed by atoms with Gasteiger partial charge in [-0.1, -0.05) is 127 Å². The van der Waals surface area contributed by atoms with E-state index >= 15 is 0 Å². The third-order valence-corrected chi connectivity index (χ3v) is 11.0. The summed E-state index contributed by atoms with van der Waals surface area (Å²) < 4.78 is 6.37. The van der Waals surface area contributed by atoms with Crippen molar-refractivity contribution in [3.05, 3.63) is 205 Å². The van der Waals surface area contributed by atoms with Gasteiger partial charge in [-0.05, 0) is 98.1 Å². The lowest BCUT2D eigenvalue weighted by Crippen LogP contribution is -2.26. The van der Waals surface area contributed by atoms with Gasteiger partial charge in [-0.25, -0.2) is 0 Å². The first-order valence-corrected chi connectivity index (χ1v) is 17.5. The van der Waals surface area contributed by atoms with Crippen LogP contribution in [0, 0.1) is 0 Å². The van der Waals surface area contributed by atoms with Crippen molar-refractivity contribution in [2.24, 2.45) is 0 Å². The summed E-state index contributed by atoms with van der Waals surface area (Å²) in [4.78, 5) is 6.77. The van der Waals surface area contributed by atoms with Crippen LogP contribution in [0.4, 0.5) is 17.1 Å². The van der Waals surface area contributed by atoms with Gasteiger partial charge in [0.15, 0.2) is 5.58 Å². The van der Waals surface area contributed by atoms with Gasteiger partial charge in [0.2, 0.25) is 0 Å². The molecule has 2 aliphatic rings. The quantitative estimate of drug-likeness (QED) is 0.190. The molecule has 0 atom stereocenters. The lowest BCUT2D eigenvalue weighted by Gasteiger charge is -2.32. The van der Waals surface area contributed by atoms with Crippen molar-refractivity contribution in [2.45, 2.75) is 5.41 Å². The Morgan fingerprint density at radius 1 is 0.451 bits per heavy atom. The molecule has 0 N–H and O–H groups in total. The van der Waals surface area contributed by atoms with E-state index in [1.54, 1.807) is 0 Å². The maximum absolute atomic E-state index is 6.37. The summed E-state index contributed by atoms with van der Waals surface area (Å²) in [6.45, 7) is 0. The van der Waals surface area contributed by atoms with Crippen molar-refractivity contribution < 1.29 is 4.42 Å². The van der Waals surface area contributed by atoms with E-state index in [1.165, 1.54) is 55.6 Å². The Bertz CT molecular complexity index is 2750. The van der Waals surface area contributed by atoms with Crippen LogP contribution in [-0.2, 0) is 5.41 Å². The predicted molar refractivity (Wildman–Crippen MR) is 208 cm³/mol. The molecule has 238 valence electrons. The summed E-state index contributed by atoms with van der Waals surface area (Å²) in [5.41, 5.74) is 17.3. The molecule has 2 aromatic heterocycles. The number of aromatic nitrogens is 1. The molecule has 0 amide bonds. The molecule has 7 aromatic carbocycles. The minimum absolute atomic E-state index is 0.433. The largest absolute Gasteiger partial charge is 0.454 e. The Hall–Kier alpha value is -6.71. The van der Waals surface area contributed by atoms with Crippen LogP contribution in [0.25, 0.3) is 55.3 Å².